The molecule has 1 amide bonds. The molecule has 2 heterocycles. The minimum absolute atomic E-state index is 0.360. The summed E-state index contributed by atoms with van der Waals surface area (Å²) in [6, 6.07) is 1.36. The number of nitrogens with zero attached hydrogens (tertiary/aromatic N) is 3. The molecule has 1 unspecified atom stereocenters. The van der Waals surface area contributed by atoms with Crippen molar-refractivity contribution in [1.82, 2.24) is 15.3 Å². The zero-order valence-electron chi connectivity index (χ0n) is 11.2. The van der Waals surface area contributed by atoms with E-state index in [0.29, 0.717) is 37.2 Å². The SMILES string of the molecule is CCOc1cc(N2CCNCC2C(N)=O)nc(C)n1. The average molecular weight is 265 g/mol. The highest BCUT2D eigenvalue weighted by Gasteiger charge is 2.28. The second-order valence-electron chi connectivity index (χ2n) is 4.36. The lowest BCUT2D eigenvalue weighted by molar-refractivity contribution is -0.119. The molecule has 1 aliphatic heterocycles. The van der Waals surface area contributed by atoms with Gasteiger partial charge in [-0.1, -0.05) is 0 Å². The molecular weight excluding hydrogens is 246 g/mol. The highest BCUT2D eigenvalue weighted by atomic mass is 16.5. The number of nitrogens with one attached hydrogen (secondary N) is 1. The molecule has 0 radical (unpaired) electrons. The van der Waals surface area contributed by atoms with Crippen molar-refractivity contribution in [2.24, 2.45) is 5.73 Å². The number of carbonyl (C=O) groups is 1. The minimum atomic E-state index is -0.391. The Hall–Kier alpha value is -1.89. The monoisotopic (exact) mass is 265 g/mol. The van der Waals surface area contributed by atoms with Crippen LogP contribution in [0.2, 0.25) is 0 Å². The van der Waals surface area contributed by atoms with Gasteiger partial charge in [0.05, 0.1) is 6.61 Å². The topological polar surface area (TPSA) is 93.4 Å². The summed E-state index contributed by atoms with van der Waals surface area (Å²) in [4.78, 5) is 22.0. The Balaban J connectivity index is 2.30. The molecule has 2 rings (SSSR count). The van der Waals surface area contributed by atoms with Gasteiger partial charge in [0.1, 0.15) is 17.7 Å². The van der Waals surface area contributed by atoms with Gasteiger partial charge in [0.25, 0.3) is 0 Å². The molecule has 0 aliphatic carbocycles. The maximum absolute atomic E-state index is 11.5. The van der Waals surface area contributed by atoms with Crippen LogP contribution in [0.5, 0.6) is 5.88 Å². The van der Waals surface area contributed by atoms with E-state index in [4.69, 9.17) is 10.5 Å². The van der Waals surface area contributed by atoms with Crippen LogP contribution in [0.4, 0.5) is 5.82 Å². The van der Waals surface area contributed by atoms with Crippen molar-refractivity contribution in [2.45, 2.75) is 19.9 Å². The van der Waals surface area contributed by atoms with E-state index in [2.05, 4.69) is 15.3 Å². The first-order valence-electron chi connectivity index (χ1n) is 6.37. The Bertz CT molecular complexity index is 465. The van der Waals surface area contributed by atoms with Crippen LogP contribution in [0.1, 0.15) is 12.7 Å². The third-order valence-electron chi connectivity index (χ3n) is 2.96. The summed E-state index contributed by atoms with van der Waals surface area (Å²) < 4.78 is 5.40. The maximum atomic E-state index is 11.5. The van der Waals surface area contributed by atoms with Gasteiger partial charge in [-0.05, 0) is 13.8 Å². The van der Waals surface area contributed by atoms with Crippen LogP contribution in [0.15, 0.2) is 6.07 Å². The molecule has 1 atom stereocenters. The van der Waals surface area contributed by atoms with Crippen molar-refractivity contribution in [3.8, 4) is 5.88 Å². The zero-order valence-corrected chi connectivity index (χ0v) is 11.2. The van der Waals surface area contributed by atoms with E-state index in [1.807, 2.05) is 11.8 Å². The second kappa shape index (κ2) is 5.83. The number of aromatic nitrogens is 2. The van der Waals surface area contributed by atoms with Crippen LogP contribution in [-0.2, 0) is 4.79 Å². The highest BCUT2D eigenvalue weighted by Crippen LogP contribution is 2.20. The molecule has 1 saturated heterocycles. The van der Waals surface area contributed by atoms with Crippen molar-refractivity contribution in [2.75, 3.05) is 31.1 Å². The van der Waals surface area contributed by atoms with Gasteiger partial charge in [0, 0.05) is 25.7 Å². The van der Waals surface area contributed by atoms with Crippen LogP contribution < -0.4 is 20.7 Å². The van der Waals surface area contributed by atoms with Crippen LogP contribution >= 0.6 is 0 Å². The Morgan fingerprint density at radius 1 is 1.63 bits per heavy atom. The molecule has 0 saturated carbocycles. The first-order valence-corrected chi connectivity index (χ1v) is 6.37. The average Bonchev–Trinajstić information content (AvgIpc) is 2.38. The van der Waals surface area contributed by atoms with E-state index >= 15 is 0 Å². The molecule has 7 heteroatoms. The largest absolute Gasteiger partial charge is 0.478 e. The Morgan fingerprint density at radius 2 is 2.42 bits per heavy atom. The quantitative estimate of drug-likeness (QED) is 0.758. The molecular formula is C12H19N5O2. The summed E-state index contributed by atoms with van der Waals surface area (Å²) in [5, 5.41) is 3.15. The van der Waals surface area contributed by atoms with E-state index in [0.717, 1.165) is 6.54 Å². The number of carbonyl (C=O) groups excluding carboxylic acids is 1. The normalized spacial score (nSPS) is 19.3. The van der Waals surface area contributed by atoms with Gasteiger partial charge in [-0.25, -0.2) is 4.98 Å². The van der Waals surface area contributed by atoms with Gasteiger partial charge in [-0.15, -0.1) is 0 Å². The van der Waals surface area contributed by atoms with E-state index in [9.17, 15) is 4.79 Å². The van der Waals surface area contributed by atoms with Gasteiger partial charge in [-0.3, -0.25) is 4.79 Å². The number of aryl methyl sites for hydroxylation is 1. The van der Waals surface area contributed by atoms with Crippen molar-refractivity contribution < 1.29 is 9.53 Å². The molecule has 0 aromatic carbocycles. The van der Waals surface area contributed by atoms with E-state index in [1.165, 1.54) is 0 Å². The summed E-state index contributed by atoms with van der Waals surface area (Å²) in [6.45, 7) is 6.23. The van der Waals surface area contributed by atoms with Crippen LogP contribution in [-0.4, -0.2) is 48.2 Å². The number of piperazine rings is 1. The number of ether oxygens (including phenoxy) is 1. The first-order chi connectivity index (χ1) is 9.11. The van der Waals surface area contributed by atoms with Crippen LogP contribution in [0.3, 0.4) is 0 Å². The molecule has 104 valence electrons. The summed E-state index contributed by atoms with van der Waals surface area (Å²) in [5.41, 5.74) is 5.43. The molecule has 0 spiro atoms. The minimum Gasteiger partial charge on any atom is -0.478 e. The number of anilines is 1. The number of nitrogens with two attached hydrogens (primary N) is 1. The molecule has 1 aromatic heterocycles. The lowest BCUT2D eigenvalue weighted by atomic mass is 10.2. The maximum Gasteiger partial charge on any atom is 0.241 e. The van der Waals surface area contributed by atoms with Crippen molar-refractivity contribution >= 4 is 11.7 Å². The lowest BCUT2D eigenvalue weighted by Gasteiger charge is -2.35. The molecule has 1 fully saturated rings. The highest BCUT2D eigenvalue weighted by molar-refractivity contribution is 5.84. The van der Waals surface area contributed by atoms with Gasteiger partial charge in [-0.2, -0.15) is 4.98 Å². The number of hydrogen-bond acceptors (Lipinski definition) is 6. The van der Waals surface area contributed by atoms with Gasteiger partial charge in [0.2, 0.25) is 11.8 Å². The molecule has 3 N–H and O–H groups in total. The third kappa shape index (κ3) is 3.11. The summed E-state index contributed by atoms with van der Waals surface area (Å²) >= 11 is 0. The fraction of sp³-hybridized carbons (Fsp3) is 0.583. The number of rotatable bonds is 4. The van der Waals surface area contributed by atoms with Gasteiger partial charge in [0.15, 0.2) is 0 Å². The molecule has 0 bridgehead atoms. The molecule has 1 aromatic rings. The third-order valence-corrected chi connectivity index (χ3v) is 2.96. The Kier molecular flexibility index (Phi) is 4.16. The predicted octanol–water partition coefficient (Wildman–Crippen LogP) is -0.553. The summed E-state index contributed by atoms with van der Waals surface area (Å²) in [6.07, 6.45) is 0. The molecule has 7 nitrogen and oxygen atoms in total. The first kappa shape index (κ1) is 13.5. The summed E-state index contributed by atoms with van der Waals surface area (Å²) in [7, 11) is 0. The van der Waals surface area contributed by atoms with Crippen LogP contribution in [0.25, 0.3) is 0 Å². The van der Waals surface area contributed by atoms with Crippen molar-refractivity contribution in [1.29, 1.82) is 0 Å². The van der Waals surface area contributed by atoms with Gasteiger partial charge >= 0.3 is 0 Å². The van der Waals surface area contributed by atoms with Crippen molar-refractivity contribution in [3.63, 3.8) is 0 Å². The standard InChI is InChI=1S/C12H19N5O2/c1-3-19-11-6-10(15-8(2)16-11)17-5-4-14-7-9(17)12(13)18/h6,9,14H,3-5,7H2,1-2H3,(H2,13,18). The number of hydrogen-bond donors (Lipinski definition) is 2. The smallest absolute Gasteiger partial charge is 0.241 e. The van der Waals surface area contributed by atoms with Crippen molar-refractivity contribution in [3.05, 3.63) is 11.9 Å². The predicted molar refractivity (Wildman–Crippen MR) is 71.1 cm³/mol. The van der Waals surface area contributed by atoms with Gasteiger partial charge < -0.3 is 20.7 Å². The fourth-order valence-corrected chi connectivity index (χ4v) is 2.13. The Labute approximate surface area is 112 Å². The zero-order chi connectivity index (χ0) is 13.8. The van der Waals surface area contributed by atoms with E-state index in [1.54, 1.807) is 13.0 Å². The number of primary amides is 1. The van der Waals surface area contributed by atoms with Crippen LogP contribution in [0, 0.1) is 6.92 Å². The fourth-order valence-electron chi connectivity index (χ4n) is 2.13. The second-order valence-corrected chi connectivity index (χ2v) is 4.36. The molecule has 1 aliphatic rings. The number of amides is 1. The molecule has 19 heavy (non-hydrogen) atoms. The van der Waals surface area contributed by atoms with E-state index < -0.39 is 6.04 Å². The Morgan fingerprint density at radius 3 is 3.11 bits per heavy atom. The summed E-state index contributed by atoms with van der Waals surface area (Å²) in [5.74, 6) is 1.46. The van der Waals surface area contributed by atoms with E-state index in [-0.39, 0.29) is 5.91 Å². The lowest BCUT2D eigenvalue weighted by Crippen LogP contribution is -2.57.